The molecule has 12 heteroatoms. The van der Waals surface area contributed by atoms with Gasteiger partial charge in [0.05, 0.1) is 24.9 Å². The number of ether oxygens (including phenoxy) is 1. The molecular weight excluding hydrogens is 370 g/mol. The number of aliphatic hydroxyl groups excluding tert-OH is 3. The molecule has 0 saturated carbocycles. The van der Waals surface area contributed by atoms with Crippen LogP contribution in [-0.2, 0) is 9.53 Å². The molecule has 6 atom stereocenters. The minimum absolute atomic E-state index is 0.214. The van der Waals surface area contributed by atoms with E-state index in [-0.39, 0.29) is 11.8 Å². The molecule has 2 aliphatic rings. The number of amides is 1. The molecule has 2 aromatic rings. The fraction of sp³-hybridized carbons (Fsp3) is 0.625. The summed E-state index contributed by atoms with van der Waals surface area (Å²) < 4.78 is 5.73. The van der Waals surface area contributed by atoms with Crippen molar-refractivity contribution in [1.29, 1.82) is 0 Å². The minimum atomic E-state index is -1.37. The fourth-order valence-corrected chi connectivity index (χ4v) is 3.59. The molecule has 2 aliphatic heterocycles. The van der Waals surface area contributed by atoms with Gasteiger partial charge >= 0.3 is 0 Å². The third-order valence-electron chi connectivity index (χ3n) is 5.17. The van der Waals surface area contributed by atoms with Crippen molar-refractivity contribution in [3.05, 3.63) is 12.7 Å². The van der Waals surface area contributed by atoms with Crippen molar-refractivity contribution in [1.82, 2.24) is 30.6 Å². The Morgan fingerprint density at radius 3 is 2.89 bits per heavy atom. The van der Waals surface area contributed by atoms with E-state index in [1.165, 1.54) is 12.7 Å². The van der Waals surface area contributed by atoms with Gasteiger partial charge < -0.3 is 41.0 Å². The van der Waals surface area contributed by atoms with E-state index in [1.807, 2.05) is 0 Å². The summed E-state index contributed by atoms with van der Waals surface area (Å²) in [6.07, 6.45) is -1.23. The van der Waals surface area contributed by atoms with Gasteiger partial charge in [-0.1, -0.05) is 0 Å². The molecule has 0 radical (unpaired) electrons. The van der Waals surface area contributed by atoms with Crippen LogP contribution in [0.5, 0.6) is 0 Å². The predicted molar refractivity (Wildman–Crippen MR) is 96.0 cm³/mol. The number of aromatic nitrogens is 4. The van der Waals surface area contributed by atoms with Gasteiger partial charge in [0.2, 0.25) is 5.91 Å². The summed E-state index contributed by atoms with van der Waals surface area (Å²) in [4.78, 5) is 27.4. The van der Waals surface area contributed by atoms with Crippen LogP contribution in [0.3, 0.4) is 0 Å². The molecule has 4 rings (SSSR count). The molecule has 2 aromatic heterocycles. The van der Waals surface area contributed by atoms with Gasteiger partial charge in [-0.2, -0.15) is 0 Å². The second-order valence-electron chi connectivity index (χ2n) is 6.95. The Labute approximate surface area is 159 Å². The molecule has 2 fully saturated rings. The van der Waals surface area contributed by atoms with Crippen molar-refractivity contribution >= 4 is 22.9 Å². The highest BCUT2D eigenvalue weighted by Crippen LogP contribution is 2.25. The van der Waals surface area contributed by atoms with Gasteiger partial charge in [-0.05, 0) is 13.0 Å². The first-order valence-corrected chi connectivity index (χ1v) is 9.12. The molecule has 0 aromatic carbocycles. The molecule has 2 saturated heterocycles. The van der Waals surface area contributed by atoms with Gasteiger partial charge in [0.1, 0.15) is 30.2 Å². The molecule has 28 heavy (non-hydrogen) atoms. The van der Waals surface area contributed by atoms with Gasteiger partial charge in [-0.25, -0.2) is 15.0 Å². The van der Waals surface area contributed by atoms with Crippen LogP contribution >= 0.6 is 0 Å². The van der Waals surface area contributed by atoms with Crippen molar-refractivity contribution in [3.63, 3.8) is 0 Å². The van der Waals surface area contributed by atoms with Crippen molar-refractivity contribution in [2.45, 2.75) is 37.0 Å². The number of carbonyl (C=O) groups is 1. The summed E-state index contributed by atoms with van der Waals surface area (Å²) in [6.45, 7) is 0.861. The van der Waals surface area contributed by atoms with Crippen LogP contribution in [0, 0.1) is 5.92 Å². The number of hydrogen-bond acceptors (Lipinski definition) is 10. The average molecular weight is 393 g/mol. The zero-order chi connectivity index (χ0) is 19.7. The maximum atomic E-state index is 12.4. The number of aliphatic hydroxyl groups is 3. The highest BCUT2D eigenvalue weighted by atomic mass is 16.5. The van der Waals surface area contributed by atoms with E-state index in [9.17, 15) is 20.1 Å². The third-order valence-corrected chi connectivity index (χ3v) is 5.17. The molecule has 12 nitrogen and oxygen atoms in total. The molecular formula is C16H23N7O5. The highest BCUT2D eigenvalue weighted by molar-refractivity contribution is 5.82. The Balaban J connectivity index is 1.48. The van der Waals surface area contributed by atoms with Crippen molar-refractivity contribution in [3.8, 4) is 0 Å². The summed E-state index contributed by atoms with van der Waals surface area (Å²) in [7, 11) is 0. The lowest BCUT2D eigenvalue weighted by molar-refractivity contribution is -0.185. The van der Waals surface area contributed by atoms with Crippen LogP contribution in [0.4, 0.5) is 5.82 Å². The first kappa shape index (κ1) is 19.0. The first-order chi connectivity index (χ1) is 13.6. The number of carbonyl (C=O) groups excluding carboxylic acids is 1. The van der Waals surface area contributed by atoms with Gasteiger partial charge in [-0.15, -0.1) is 0 Å². The van der Waals surface area contributed by atoms with Crippen LogP contribution < -0.4 is 16.0 Å². The first-order valence-electron chi connectivity index (χ1n) is 9.12. The summed E-state index contributed by atoms with van der Waals surface area (Å²) in [5.41, 5.74) is 0.940. The van der Waals surface area contributed by atoms with Gasteiger partial charge in [-0.3, -0.25) is 4.79 Å². The lowest BCUT2D eigenvalue weighted by Crippen LogP contribution is -2.66. The second kappa shape index (κ2) is 7.93. The number of nitrogens with one attached hydrogen (secondary N) is 4. The topological polar surface area (TPSA) is 178 Å². The molecule has 0 unspecified atom stereocenters. The number of imidazole rings is 1. The molecule has 152 valence electrons. The normalized spacial score (nSPS) is 33.1. The molecule has 0 spiro atoms. The highest BCUT2D eigenvalue weighted by Gasteiger charge is 2.45. The Kier molecular flexibility index (Phi) is 5.37. The summed E-state index contributed by atoms with van der Waals surface area (Å²) in [5.74, 6) is -0.131. The van der Waals surface area contributed by atoms with Crippen molar-refractivity contribution < 1.29 is 24.9 Å². The van der Waals surface area contributed by atoms with Crippen LogP contribution in [0.2, 0.25) is 0 Å². The van der Waals surface area contributed by atoms with E-state index in [1.54, 1.807) is 0 Å². The molecule has 0 bridgehead atoms. The Bertz CT molecular complexity index is 825. The predicted octanol–water partition coefficient (Wildman–Crippen LogP) is -2.70. The molecule has 7 N–H and O–H groups in total. The number of hydrogen-bond donors (Lipinski definition) is 7. The maximum absolute atomic E-state index is 12.4. The second-order valence-corrected chi connectivity index (χ2v) is 6.95. The molecule has 1 amide bonds. The fourth-order valence-electron chi connectivity index (χ4n) is 3.59. The molecule has 0 aliphatic carbocycles. The minimum Gasteiger partial charge on any atom is -0.394 e. The number of anilines is 1. The SMILES string of the molecule is O=C(N[C@@H]1[C@@H](O)[C@H](O)[C@@H](Nc2ncnc3nc[nH]c23)O[C@H]1CO)[C@@H]1CCNC1. The monoisotopic (exact) mass is 393 g/mol. The number of aromatic amines is 1. The zero-order valence-corrected chi connectivity index (χ0v) is 14.9. The summed E-state index contributed by atoms with van der Waals surface area (Å²) >= 11 is 0. The Hall–Kier alpha value is -2.38. The van der Waals surface area contributed by atoms with Gasteiger partial charge in [0, 0.05) is 6.54 Å². The maximum Gasteiger partial charge on any atom is 0.224 e. The number of fused-ring (bicyclic) bond motifs is 1. The van der Waals surface area contributed by atoms with Crippen molar-refractivity contribution in [2.75, 3.05) is 25.0 Å². The van der Waals surface area contributed by atoms with E-state index in [0.717, 1.165) is 6.54 Å². The van der Waals surface area contributed by atoms with E-state index in [2.05, 4.69) is 35.9 Å². The quantitative estimate of drug-likeness (QED) is 0.283. The molecule has 4 heterocycles. The summed E-state index contributed by atoms with van der Waals surface area (Å²) in [5, 5.41) is 39.5. The van der Waals surface area contributed by atoms with E-state index < -0.39 is 37.2 Å². The number of nitrogens with zero attached hydrogens (tertiary/aromatic N) is 3. The summed E-state index contributed by atoms with van der Waals surface area (Å²) in [6, 6.07) is -0.941. The third kappa shape index (κ3) is 3.52. The van der Waals surface area contributed by atoms with E-state index in [4.69, 9.17) is 4.74 Å². The number of H-pyrrole nitrogens is 1. The zero-order valence-electron chi connectivity index (χ0n) is 14.9. The lowest BCUT2D eigenvalue weighted by Gasteiger charge is -2.43. The largest absolute Gasteiger partial charge is 0.394 e. The van der Waals surface area contributed by atoms with Gasteiger partial charge in [0.25, 0.3) is 0 Å². The van der Waals surface area contributed by atoms with Crippen LogP contribution in [0.15, 0.2) is 12.7 Å². The van der Waals surface area contributed by atoms with Crippen molar-refractivity contribution in [2.24, 2.45) is 5.92 Å². The van der Waals surface area contributed by atoms with E-state index in [0.29, 0.717) is 29.9 Å². The smallest absolute Gasteiger partial charge is 0.224 e. The standard InChI is InChI=1S/C16H23N7O5/c24-4-8-9(22-15(27)7-1-2-17-3-7)11(25)12(26)16(28-8)23-14-10-13(19-5-18-10)20-6-21-14/h5-9,11-12,16-17,24-26H,1-4H2,(H,22,27)(H2,18,19,20,21,23)/t7-,8+,9+,11-,12+,16+/m1/s1. The average Bonchev–Trinajstić information content (AvgIpc) is 3.39. The van der Waals surface area contributed by atoms with Gasteiger partial charge in [0.15, 0.2) is 17.7 Å². The Morgan fingerprint density at radius 1 is 1.29 bits per heavy atom. The number of rotatable bonds is 5. The lowest BCUT2D eigenvalue weighted by atomic mass is 9.94. The van der Waals surface area contributed by atoms with Crippen LogP contribution in [0.25, 0.3) is 11.2 Å². The van der Waals surface area contributed by atoms with Crippen LogP contribution in [0.1, 0.15) is 6.42 Å². The van der Waals surface area contributed by atoms with E-state index >= 15 is 0 Å². The van der Waals surface area contributed by atoms with Crippen LogP contribution in [-0.4, -0.2) is 91.4 Å². The Morgan fingerprint density at radius 2 is 2.14 bits per heavy atom.